The van der Waals surface area contributed by atoms with E-state index in [1.807, 2.05) is 24.3 Å². The molecule has 2 aromatic rings. The number of likely N-dealkylation sites (N-methyl/N-ethyl adjacent to an activating group) is 1. The number of hydrogen-bond donors (Lipinski definition) is 1. The largest absolute Gasteiger partial charge is 0.484 e. The van der Waals surface area contributed by atoms with Crippen LogP contribution in [0.3, 0.4) is 0 Å². The highest BCUT2D eigenvalue weighted by atomic mass is 32.2. The van der Waals surface area contributed by atoms with E-state index in [2.05, 4.69) is 0 Å². The summed E-state index contributed by atoms with van der Waals surface area (Å²) in [6.07, 6.45) is 0.480. The number of benzene rings is 2. The molecule has 0 saturated heterocycles. The number of nitrogens with two attached hydrogens (primary N) is 1. The van der Waals surface area contributed by atoms with Gasteiger partial charge >= 0.3 is 0 Å². The number of amides is 1. The van der Waals surface area contributed by atoms with Crippen LogP contribution in [0.1, 0.15) is 11.1 Å². The first-order valence-electron chi connectivity index (χ1n) is 8.52. The lowest BCUT2D eigenvalue weighted by molar-refractivity contribution is -0.119. The van der Waals surface area contributed by atoms with E-state index in [1.165, 1.54) is 41.2 Å². The van der Waals surface area contributed by atoms with Gasteiger partial charge in [-0.3, -0.25) is 4.79 Å². The molecule has 3 rings (SSSR count). The predicted octanol–water partition coefficient (Wildman–Crippen LogP) is 1.31. The normalized spacial score (nSPS) is 16.7. The van der Waals surface area contributed by atoms with Crippen molar-refractivity contribution in [3.05, 3.63) is 59.7 Å². The summed E-state index contributed by atoms with van der Waals surface area (Å²) >= 11 is 0. The van der Waals surface area contributed by atoms with Crippen molar-refractivity contribution in [1.82, 2.24) is 4.31 Å². The molecule has 1 unspecified atom stereocenters. The maximum Gasteiger partial charge on any atom is 0.255 e. The molecule has 1 atom stereocenters. The highest BCUT2D eigenvalue weighted by Crippen LogP contribution is 2.23. The summed E-state index contributed by atoms with van der Waals surface area (Å²) in [5, 5.41) is 0. The van der Waals surface area contributed by atoms with E-state index in [0.717, 1.165) is 5.56 Å². The molecule has 0 radical (unpaired) electrons. The molecule has 2 N–H and O–H groups in total. The molecule has 0 fully saturated rings. The average Bonchev–Trinajstić information content (AvgIpc) is 2.66. The second-order valence-electron chi connectivity index (χ2n) is 6.42. The molecule has 2 aromatic carbocycles. The molecule has 0 saturated carbocycles. The van der Waals surface area contributed by atoms with E-state index in [-0.39, 0.29) is 24.2 Å². The van der Waals surface area contributed by atoms with E-state index >= 15 is 0 Å². The van der Waals surface area contributed by atoms with E-state index < -0.39 is 15.9 Å². The minimum absolute atomic E-state index is 0.146. The molecule has 0 aliphatic carbocycles. The average molecular weight is 390 g/mol. The zero-order chi connectivity index (χ0) is 19.4. The predicted molar refractivity (Wildman–Crippen MR) is 99.7 cm³/mol. The summed E-state index contributed by atoms with van der Waals surface area (Å²) < 4.78 is 37.8. The molecule has 8 heteroatoms. The zero-order valence-corrected chi connectivity index (χ0v) is 15.8. The Labute approximate surface area is 158 Å². The number of carbonyl (C=O) groups is 1. The fraction of sp³-hybridized carbons (Fsp3) is 0.316. The summed E-state index contributed by atoms with van der Waals surface area (Å²) in [6.45, 7) is 0.490. The maximum atomic E-state index is 12.8. The van der Waals surface area contributed by atoms with Gasteiger partial charge in [0.1, 0.15) is 5.75 Å². The van der Waals surface area contributed by atoms with Gasteiger partial charge in [-0.2, -0.15) is 4.31 Å². The van der Waals surface area contributed by atoms with Gasteiger partial charge in [-0.1, -0.05) is 24.3 Å². The van der Waals surface area contributed by atoms with Crippen molar-refractivity contribution in [2.45, 2.75) is 24.0 Å². The third-order valence-corrected chi connectivity index (χ3v) is 6.25. The van der Waals surface area contributed by atoms with Gasteiger partial charge in [0, 0.05) is 20.0 Å². The molecule has 7 nitrogen and oxygen atoms in total. The summed E-state index contributed by atoms with van der Waals surface area (Å²) in [6, 6.07) is 13.9. The number of rotatable bonds is 7. The van der Waals surface area contributed by atoms with Gasteiger partial charge in [-0.25, -0.2) is 8.42 Å². The first-order chi connectivity index (χ1) is 12.9. The number of primary amides is 1. The molecule has 1 aliphatic heterocycles. The van der Waals surface area contributed by atoms with Crippen molar-refractivity contribution in [2.75, 3.05) is 20.2 Å². The van der Waals surface area contributed by atoms with Gasteiger partial charge in [-0.05, 0) is 35.4 Å². The van der Waals surface area contributed by atoms with Gasteiger partial charge in [0.15, 0.2) is 6.61 Å². The van der Waals surface area contributed by atoms with Crippen molar-refractivity contribution >= 4 is 15.9 Å². The molecule has 1 amide bonds. The Hall–Kier alpha value is -2.42. The number of ether oxygens (including phenoxy) is 2. The Morgan fingerprint density at radius 3 is 2.52 bits per heavy atom. The van der Waals surface area contributed by atoms with Crippen LogP contribution in [0, 0.1) is 0 Å². The van der Waals surface area contributed by atoms with E-state index in [4.69, 9.17) is 15.2 Å². The van der Waals surface area contributed by atoms with Crippen LogP contribution in [-0.4, -0.2) is 44.9 Å². The minimum Gasteiger partial charge on any atom is -0.484 e. The number of carbonyl (C=O) groups excluding carboxylic acids is 1. The number of sulfonamides is 1. The van der Waals surface area contributed by atoms with Gasteiger partial charge in [0.2, 0.25) is 10.0 Å². The van der Waals surface area contributed by atoms with Crippen molar-refractivity contribution < 1.29 is 22.7 Å². The Kier molecular flexibility index (Phi) is 5.79. The van der Waals surface area contributed by atoms with Crippen LogP contribution in [0.5, 0.6) is 5.75 Å². The van der Waals surface area contributed by atoms with Crippen molar-refractivity contribution in [1.29, 1.82) is 0 Å². The number of hydrogen-bond acceptors (Lipinski definition) is 5. The molecule has 0 aromatic heterocycles. The first kappa shape index (κ1) is 19.3. The summed E-state index contributed by atoms with van der Waals surface area (Å²) in [5.41, 5.74) is 7.35. The maximum absolute atomic E-state index is 12.8. The molecule has 0 bridgehead atoms. The minimum atomic E-state index is -3.66. The molecule has 144 valence electrons. The Balaban J connectivity index is 1.65. The topological polar surface area (TPSA) is 98.9 Å². The summed E-state index contributed by atoms with van der Waals surface area (Å²) in [7, 11) is -2.12. The second-order valence-corrected chi connectivity index (χ2v) is 8.46. The fourth-order valence-electron chi connectivity index (χ4n) is 2.95. The third-order valence-electron chi connectivity index (χ3n) is 4.41. The van der Waals surface area contributed by atoms with Gasteiger partial charge < -0.3 is 15.2 Å². The smallest absolute Gasteiger partial charge is 0.255 e. The van der Waals surface area contributed by atoms with Crippen LogP contribution >= 0.6 is 0 Å². The van der Waals surface area contributed by atoms with E-state index in [9.17, 15) is 13.2 Å². The molecular weight excluding hydrogens is 368 g/mol. The van der Waals surface area contributed by atoms with Crippen molar-refractivity contribution in [3.63, 3.8) is 0 Å². The lowest BCUT2D eigenvalue weighted by atomic mass is 9.99. The highest BCUT2D eigenvalue weighted by Gasteiger charge is 2.26. The molecule has 1 aliphatic rings. The van der Waals surface area contributed by atoms with Crippen LogP contribution in [0.25, 0.3) is 0 Å². The van der Waals surface area contributed by atoms with Crippen molar-refractivity contribution in [3.8, 4) is 5.75 Å². The molecule has 0 spiro atoms. The van der Waals surface area contributed by atoms with Crippen LogP contribution in [0.4, 0.5) is 0 Å². The van der Waals surface area contributed by atoms with Gasteiger partial charge in [-0.15, -0.1) is 0 Å². The zero-order valence-electron chi connectivity index (χ0n) is 15.0. The lowest BCUT2D eigenvalue weighted by Gasteiger charge is -2.28. The van der Waals surface area contributed by atoms with Crippen LogP contribution in [0.2, 0.25) is 0 Å². The standard InChI is InChI=1S/C19H22N2O5S/c1-21(11-17-10-14-4-2-3-5-15(14)12-25-17)27(23,24)18-8-6-16(7-9-18)26-13-19(20)22/h2-9,17H,10-13H2,1H3,(H2,20,22). The SMILES string of the molecule is CN(CC1Cc2ccccc2CO1)S(=O)(=O)c1ccc(OCC(N)=O)cc1. The highest BCUT2D eigenvalue weighted by molar-refractivity contribution is 7.89. The summed E-state index contributed by atoms with van der Waals surface area (Å²) in [5.74, 6) is -0.219. The molecular formula is C19H22N2O5S. The van der Waals surface area contributed by atoms with Gasteiger partial charge in [0.05, 0.1) is 17.6 Å². The Morgan fingerprint density at radius 1 is 1.19 bits per heavy atom. The first-order valence-corrected chi connectivity index (χ1v) is 9.96. The number of nitrogens with zero attached hydrogens (tertiary/aromatic N) is 1. The third kappa shape index (κ3) is 4.65. The Bertz CT molecular complexity index is 912. The number of fused-ring (bicyclic) bond motifs is 1. The lowest BCUT2D eigenvalue weighted by Crippen LogP contribution is -2.38. The van der Waals surface area contributed by atoms with Gasteiger partial charge in [0.25, 0.3) is 5.91 Å². The quantitative estimate of drug-likeness (QED) is 0.769. The molecule has 1 heterocycles. The van der Waals surface area contributed by atoms with Crippen LogP contribution in [0.15, 0.2) is 53.4 Å². The monoisotopic (exact) mass is 390 g/mol. The Morgan fingerprint density at radius 2 is 1.85 bits per heavy atom. The fourth-order valence-corrected chi connectivity index (χ4v) is 4.16. The van der Waals surface area contributed by atoms with E-state index in [0.29, 0.717) is 18.8 Å². The van der Waals surface area contributed by atoms with Crippen molar-refractivity contribution in [2.24, 2.45) is 5.73 Å². The summed E-state index contributed by atoms with van der Waals surface area (Å²) in [4.78, 5) is 10.9. The van der Waals surface area contributed by atoms with E-state index in [1.54, 1.807) is 0 Å². The van der Waals surface area contributed by atoms with Crippen LogP contribution in [-0.2, 0) is 32.6 Å². The molecule has 27 heavy (non-hydrogen) atoms. The second kappa shape index (κ2) is 8.08. The van der Waals surface area contributed by atoms with Crippen LogP contribution < -0.4 is 10.5 Å².